The van der Waals surface area contributed by atoms with Crippen LogP contribution in [0.3, 0.4) is 0 Å². The Morgan fingerprint density at radius 3 is 2.35 bits per heavy atom. The summed E-state index contributed by atoms with van der Waals surface area (Å²) in [6.07, 6.45) is 1.34. The average Bonchev–Trinajstić information content (AvgIpc) is 2.47. The molecule has 4 heteroatoms. The van der Waals surface area contributed by atoms with Gasteiger partial charge >= 0.3 is 0 Å². The Hall–Kier alpha value is -1.26. The minimum absolute atomic E-state index is 0.283. The van der Waals surface area contributed by atoms with E-state index in [-0.39, 0.29) is 6.61 Å². The van der Waals surface area contributed by atoms with Gasteiger partial charge in [-0.05, 0) is 44.5 Å². The van der Waals surface area contributed by atoms with Gasteiger partial charge < -0.3 is 19.9 Å². The molecule has 0 saturated carbocycles. The third-order valence-electron chi connectivity index (χ3n) is 3.50. The number of hydrogen-bond donors (Lipinski definition) is 2. The molecule has 0 unspecified atom stereocenters. The molecule has 0 aliphatic rings. The lowest BCUT2D eigenvalue weighted by Gasteiger charge is -2.25. The Balaban J connectivity index is 2.82. The van der Waals surface area contributed by atoms with Gasteiger partial charge in [-0.2, -0.15) is 0 Å². The van der Waals surface area contributed by atoms with E-state index in [2.05, 4.69) is 5.32 Å². The number of aliphatic hydroxyl groups is 1. The first-order valence-electron chi connectivity index (χ1n) is 7.34. The largest absolute Gasteiger partial charge is 0.490 e. The van der Waals surface area contributed by atoms with E-state index in [0.29, 0.717) is 25.2 Å². The predicted octanol–water partition coefficient (Wildman–Crippen LogP) is 2.73. The summed E-state index contributed by atoms with van der Waals surface area (Å²) in [5, 5.41) is 13.4. The molecule has 2 N–H and O–H groups in total. The fraction of sp³-hybridized carbons (Fsp3) is 0.625. The van der Waals surface area contributed by atoms with Crippen LogP contribution in [0.25, 0.3) is 0 Å². The molecule has 0 atom stereocenters. The molecule has 0 aliphatic carbocycles. The molecule has 0 saturated heterocycles. The Morgan fingerprint density at radius 1 is 1.10 bits per heavy atom. The molecule has 20 heavy (non-hydrogen) atoms. The van der Waals surface area contributed by atoms with Gasteiger partial charge in [0.05, 0.1) is 12.2 Å². The van der Waals surface area contributed by atoms with Crippen molar-refractivity contribution >= 4 is 0 Å². The summed E-state index contributed by atoms with van der Waals surface area (Å²) in [7, 11) is 1.91. The standard InChI is InChI=1S/C16H27NO3/c1-5-16(18,6-2)12-20-14-9-8-13(11-17-4)10-15(14)19-7-3/h8-10,17-18H,5-7,11-12H2,1-4H3. The van der Waals surface area contributed by atoms with Crippen LogP contribution in [0.15, 0.2) is 18.2 Å². The molecule has 1 aromatic carbocycles. The minimum atomic E-state index is -0.771. The Kier molecular flexibility index (Phi) is 6.82. The van der Waals surface area contributed by atoms with Crippen molar-refractivity contribution in [3.8, 4) is 11.5 Å². The quantitative estimate of drug-likeness (QED) is 0.731. The normalized spacial score (nSPS) is 11.4. The molecule has 0 spiro atoms. The van der Waals surface area contributed by atoms with Crippen LogP contribution in [0.4, 0.5) is 0 Å². The summed E-state index contributed by atoms with van der Waals surface area (Å²) in [5.41, 5.74) is 0.372. The number of rotatable bonds is 9. The predicted molar refractivity (Wildman–Crippen MR) is 81.4 cm³/mol. The summed E-state index contributed by atoms with van der Waals surface area (Å²) in [4.78, 5) is 0. The van der Waals surface area contributed by atoms with Gasteiger partial charge in [0, 0.05) is 6.54 Å². The van der Waals surface area contributed by atoms with E-state index in [1.54, 1.807) is 0 Å². The lowest BCUT2D eigenvalue weighted by Crippen LogP contribution is -2.34. The molecule has 0 fully saturated rings. The van der Waals surface area contributed by atoms with E-state index < -0.39 is 5.60 Å². The van der Waals surface area contributed by atoms with Crippen molar-refractivity contribution in [2.75, 3.05) is 20.3 Å². The van der Waals surface area contributed by atoms with Gasteiger partial charge in [0.15, 0.2) is 11.5 Å². The first-order valence-corrected chi connectivity index (χ1v) is 7.34. The molecular weight excluding hydrogens is 254 g/mol. The highest BCUT2D eigenvalue weighted by molar-refractivity contribution is 5.43. The number of hydrogen-bond acceptors (Lipinski definition) is 4. The Morgan fingerprint density at radius 2 is 1.80 bits per heavy atom. The lowest BCUT2D eigenvalue weighted by atomic mass is 9.99. The SMILES string of the molecule is CCOc1cc(CNC)ccc1OCC(O)(CC)CC. The molecule has 1 rings (SSSR count). The number of ether oxygens (including phenoxy) is 2. The summed E-state index contributed by atoms with van der Waals surface area (Å²) >= 11 is 0. The maximum absolute atomic E-state index is 10.3. The van der Waals surface area contributed by atoms with Crippen molar-refractivity contribution < 1.29 is 14.6 Å². The second-order valence-corrected chi connectivity index (χ2v) is 4.96. The van der Waals surface area contributed by atoms with Crippen LogP contribution < -0.4 is 14.8 Å². The number of benzene rings is 1. The van der Waals surface area contributed by atoms with Crippen molar-refractivity contribution in [3.63, 3.8) is 0 Å². The molecule has 0 amide bonds. The van der Waals surface area contributed by atoms with Gasteiger partial charge in [-0.15, -0.1) is 0 Å². The van der Waals surface area contributed by atoms with E-state index in [1.165, 1.54) is 0 Å². The van der Waals surface area contributed by atoms with Gasteiger partial charge in [-0.3, -0.25) is 0 Å². The van der Waals surface area contributed by atoms with Crippen LogP contribution in [0, 0.1) is 0 Å². The lowest BCUT2D eigenvalue weighted by molar-refractivity contribution is -0.0120. The van der Waals surface area contributed by atoms with Gasteiger partial charge in [-0.1, -0.05) is 19.9 Å². The smallest absolute Gasteiger partial charge is 0.161 e. The highest BCUT2D eigenvalue weighted by Gasteiger charge is 2.23. The fourth-order valence-electron chi connectivity index (χ4n) is 1.92. The number of nitrogens with one attached hydrogen (secondary N) is 1. The van der Waals surface area contributed by atoms with Crippen molar-refractivity contribution in [2.24, 2.45) is 0 Å². The monoisotopic (exact) mass is 281 g/mol. The second-order valence-electron chi connectivity index (χ2n) is 4.96. The maximum Gasteiger partial charge on any atom is 0.161 e. The molecule has 1 aromatic rings. The second kappa shape index (κ2) is 8.12. The highest BCUT2D eigenvalue weighted by atomic mass is 16.5. The molecular formula is C16H27NO3. The van der Waals surface area contributed by atoms with Crippen LogP contribution in [0.1, 0.15) is 39.2 Å². The van der Waals surface area contributed by atoms with E-state index >= 15 is 0 Å². The van der Waals surface area contributed by atoms with Crippen molar-refractivity contribution in [3.05, 3.63) is 23.8 Å². The summed E-state index contributed by atoms with van der Waals surface area (Å²) in [6, 6.07) is 5.89. The van der Waals surface area contributed by atoms with E-state index in [1.807, 2.05) is 46.0 Å². The third-order valence-corrected chi connectivity index (χ3v) is 3.50. The van der Waals surface area contributed by atoms with E-state index in [0.717, 1.165) is 17.9 Å². The van der Waals surface area contributed by atoms with Crippen LogP contribution >= 0.6 is 0 Å². The average molecular weight is 281 g/mol. The molecule has 0 bridgehead atoms. The molecule has 0 aliphatic heterocycles. The zero-order chi connectivity index (χ0) is 15.0. The Labute approximate surface area is 122 Å². The molecule has 114 valence electrons. The van der Waals surface area contributed by atoms with Crippen LogP contribution in [0.2, 0.25) is 0 Å². The summed E-state index contributed by atoms with van der Waals surface area (Å²) in [5.74, 6) is 1.42. The van der Waals surface area contributed by atoms with Crippen molar-refractivity contribution in [1.29, 1.82) is 0 Å². The summed E-state index contributed by atoms with van der Waals surface area (Å²) < 4.78 is 11.4. The third kappa shape index (κ3) is 4.69. The van der Waals surface area contributed by atoms with Crippen LogP contribution in [-0.2, 0) is 6.54 Å². The minimum Gasteiger partial charge on any atom is -0.490 e. The zero-order valence-electron chi connectivity index (χ0n) is 13.0. The topological polar surface area (TPSA) is 50.7 Å². The zero-order valence-corrected chi connectivity index (χ0v) is 13.0. The van der Waals surface area contributed by atoms with Crippen molar-refractivity contribution in [1.82, 2.24) is 5.32 Å². The fourth-order valence-corrected chi connectivity index (χ4v) is 1.92. The van der Waals surface area contributed by atoms with Crippen LogP contribution in [-0.4, -0.2) is 31.0 Å². The molecule has 0 radical (unpaired) electrons. The van der Waals surface area contributed by atoms with Crippen LogP contribution in [0.5, 0.6) is 11.5 Å². The molecule has 0 aromatic heterocycles. The van der Waals surface area contributed by atoms with Gasteiger partial charge in [0.25, 0.3) is 0 Å². The Bertz CT molecular complexity index is 403. The highest BCUT2D eigenvalue weighted by Crippen LogP contribution is 2.30. The molecule has 0 heterocycles. The van der Waals surface area contributed by atoms with E-state index in [9.17, 15) is 5.11 Å². The first kappa shape index (κ1) is 16.8. The van der Waals surface area contributed by atoms with E-state index in [4.69, 9.17) is 9.47 Å². The van der Waals surface area contributed by atoms with Gasteiger partial charge in [-0.25, -0.2) is 0 Å². The first-order chi connectivity index (χ1) is 9.58. The van der Waals surface area contributed by atoms with Crippen molar-refractivity contribution in [2.45, 2.75) is 45.8 Å². The maximum atomic E-state index is 10.3. The van der Waals surface area contributed by atoms with Gasteiger partial charge in [0.2, 0.25) is 0 Å². The summed E-state index contributed by atoms with van der Waals surface area (Å²) in [6.45, 7) is 7.53. The van der Waals surface area contributed by atoms with Gasteiger partial charge in [0.1, 0.15) is 6.61 Å². The molecule has 4 nitrogen and oxygen atoms in total.